The van der Waals surface area contributed by atoms with Gasteiger partial charge in [-0.2, -0.15) is 0 Å². The molecule has 0 bridgehead atoms. The van der Waals surface area contributed by atoms with Gasteiger partial charge in [0.05, 0.1) is 13.7 Å². The molecule has 0 fully saturated rings. The highest BCUT2D eigenvalue weighted by molar-refractivity contribution is 7.16. The SMILES string of the molecule is Cc1cc2c(s1)C([Si](C)(CCCCCCOC(C)(C)C)C1C=Cc3c(-c4ccc5c(c4)c4ccccc4n5C)cccc31)c1sc(C)cc1-2. The average Bonchev–Trinajstić information content (AvgIpc) is 3.87. The van der Waals surface area contributed by atoms with Gasteiger partial charge in [-0.3, -0.25) is 0 Å². The Kier molecular flexibility index (Phi) is 8.42. The fourth-order valence-electron chi connectivity index (χ4n) is 8.95. The van der Waals surface area contributed by atoms with Crippen molar-refractivity contribution in [3.05, 3.63) is 110 Å². The van der Waals surface area contributed by atoms with Crippen LogP contribution in [-0.2, 0) is 11.8 Å². The lowest BCUT2D eigenvalue weighted by molar-refractivity contribution is -0.00471. The van der Waals surface area contributed by atoms with Crippen LogP contribution in [0.4, 0.5) is 0 Å². The summed E-state index contributed by atoms with van der Waals surface area (Å²) in [5.74, 6) is 0. The van der Waals surface area contributed by atoms with Crippen LogP contribution in [-0.4, -0.2) is 24.8 Å². The number of thiophene rings is 2. The van der Waals surface area contributed by atoms with Gasteiger partial charge in [0.25, 0.3) is 0 Å². The number of para-hydroxylation sites is 1. The zero-order chi connectivity index (χ0) is 34.1. The smallest absolute Gasteiger partial charge is 0.0774 e. The Morgan fingerprint density at radius 2 is 1.45 bits per heavy atom. The number of aromatic nitrogens is 1. The summed E-state index contributed by atoms with van der Waals surface area (Å²) in [6.07, 6.45) is 10.1. The third-order valence-corrected chi connectivity index (χ3v) is 19.2. The number of unbranched alkanes of at least 4 members (excludes halogenated alkanes) is 3. The molecule has 0 aliphatic heterocycles. The molecule has 49 heavy (non-hydrogen) atoms. The van der Waals surface area contributed by atoms with Crippen molar-refractivity contribution in [3.8, 4) is 22.3 Å². The van der Waals surface area contributed by atoms with Gasteiger partial charge in [0, 0.05) is 60.5 Å². The molecule has 0 spiro atoms. The van der Waals surface area contributed by atoms with Gasteiger partial charge in [-0.1, -0.05) is 86.5 Å². The van der Waals surface area contributed by atoms with E-state index in [0.29, 0.717) is 11.1 Å². The van der Waals surface area contributed by atoms with E-state index in [2.05, 4.69) is 160 Å². The molecule has 2 atom stereocenters. The lowest BCUT2D eigenvalue weighted by atomic mass is 9.96. The molecule has 0 amide bonds. The van der Waals surface area contributed by atoms with E-state index in [0.717, 1.165) is 13.0 Å². The molecule has 5 heteroatoms. The zero-order valence-electron chi connectivity index (χ0n) is 30.2. The molecule has 0 N–H and O–H groups in total. The molecule has 252 valence electrons. The van der Waals surface area contributed by atoms with Crippen LogP contribution in [0.3, 0.4) is 0 Å². The van der Waals surface area contributed by atoms with Gasteiger partial charge in [0.15, 0.2) is 0 Å². The zero-order valence-corrected chi connectivity index (χ0v) is 32.8. The molecule has 3 aromatic carbocycles. The Labute approximate surface area is 301 Å². The summed E-state index contributed by atoms with van der Waals surface area (Å²) in [7, 11) is 0.178. The van der Waals surface area contributed by atoms with Crippen LogP contribution < -0.4 is 0 Å². The quantitative estimate of drug-likeness (QED) is 0.103. The van der Waals surface area contributed by atoms with Crippen molar-refractivity contribution < 1.29 is 4.74 Å². The van der Waals surface area contributed by atoms with Gasteiger partial charge in [0.1, 0.15) is 0 Å². The van der Waals surface area contributed by atoms with Crippen molar-refractivity contribution in [2.75, 3.05) is 6.61 Å². The van der Waals surface area contributed by atoms with Crippen LogP contribution >= 0.6 is 22.7 Å². The summed E-state index contributed by atoms with van der Waals surface area (Å²) in [6.45, 7) is 14.7. The highest BCUT2D eigenvalue weighted by atomic mass is 32.1. The Morgan fingerprint density at radius 3 is 2.18 bits per heavy atom. The van der Waals surface area contributed by atoms with Crippen LogP contribution in [0.25, 0.3) is 50.1 Å². The van der Waals surface area contributed by atoms with Gasteiger partial charge < -0.3 is 9.30 Å². The summed E-state index contributed by atoms with van der Waals surface area (Å²) >= 11 is 4.15. The Morgan fingerprint density at radius 1 is 0.755 bits per heavy atom. The Bertz CT molecular complexity index is 2180. The van der Waals surface area contributed by atoms with Crippen molar-refractivity contribution in [1.82, 2.24) is 4.57 Å². The number of nitrogens with zero attached hydrogens (tertiary/aromatic N) is 1. The van der Waals surface area contributed by atoms with E-state index in [1.165, 1.54) is 84.7 Å². The van der Waals surface area contributed by atoms with Crippen molar-refractivity contribution in [3.63, 3.8) is 0 Å². The predicted molar refractivity (Wildman–Crippen MR) is 217 cm³/mol. The number of hydrogen-bond donors (Lipinski definition) is 0. The van der Waals surface area contributed by atoms with Gasteiger partial charge in [-0.25, -0.2) is 0 Å². The highest BCUT2D eigenvalue weighted by Gasteiger charge is 2.51. The van der Waals surface area contributed by atoms with E-state index < -0.39 is 8.07 Å². The molecule has 2 aliphatic rings. The molecule has 0 radical (unpaired) electrons. The number of rotatable bonds is 10. The number of allylic oxidation sites excluding steroid dienone is 1. The third-order valence-electron chi connectivity index (χ3n) is 11.3. The minimum absolute atomic E-state index is 0.0528. The van der Waals surface area contributed by atoms with Gasteiger partial charge in [-0.05, 0) is 110 Å². The number of aryl methyl sites for hydroxylation is 3. The molecule has 0 saturated heterocycles. The molecule has 6 aromatic rings. The fraction of sp³-hybridized carbons (Fsp3) is 0.364. The average molecular weight is 700 g/mol. The molecule has 2 nitrogen and oxygen atoms in total. The van der Waals surface area contributed by atoms with E-state index in [4.69, 9.17) is 4.74 Å². The largest absolute Gasteiger partial charge is 0.376 e. The van der Waals surface area contributed by atoms with E-state index in [-0.39, 0.29) is 5.60 Å². The van der Waals surface area contributed by atoms with Gasteiger partial charge in [0.2, 0.25) is 0 Å². The molecule has 0 saturated carbocycles. The maximum atomic E-state index is 6.06. The summed E-state index contributed by atoms with van der Waals surface area (Å²) in [5.41, 5.74) is 12.3. The first kappa shape index (κ1) is 33.0. The minimum Gasteiger partial charge on any atom is -0.376 e. The lowest BCUT2D eigenvalue weighted by Crippen LogP contribution is -2.43. The summed E-state index contributed by atoms with van der Waals surface area (Å²) in [6, 6.07) is 29.4. The van der Waals surface area contributed by atoms with E-state index in [1.807, 2.05) is 0 Å². The third kappa shape index (κ3) is 5.71. The van der Waals surface area contributed by atoms with Crippen LogP contribution in [0, 0.1) is 13.8 Å². The standard InChI is InChI=1S/C44H49NOS2Si/c1-28-25-36-37-26-29(2)48-42(37)43(41(36)47-28)49(7,24-13-9-8-12-23-46-44(3,4)5)40-22-20-32-31(16-14-17-34(32)40)30-19-21-39-35(27-30)33-15-10-11-18-38(33)45(39)6/h10-11,14-22,25-27,40,43H,8-9,12-13,23-24H2,1-7H3. The number of hydrogen-bond acceptors (Lipinski definition) is 3. The van der Waals surface area contributed by atoms with E-state index in [1.54, 1.807) is 15.3 Å². The first-order valence-corrected chi connectivity index (χ1v) is 22.7. The van der Waals surface area contributed by atoms with Gasteiger partial charge in [-0.15, -0.1) is 22.7 Å². The van der Waals surface area contributed by atoms with E-state index in [9.17, 15) is 0 Å². The first-order valence-electron chi connectivity index (χ1n) is 18.2. The topological polar surface area (TPSA) is 14.2 Å². The second-order valence-electron chi connectivity index (χ2n) is 15.8. The van der Waals surface area contributed by atoms with Crippen LogP contribution in [0.15, 0.2) is 78.9 Å². The maximum Gasteiger partial charge on any atom is 0.0774 e. The first-order chi connectivity index (χ1) is 23.5. The molecular weight excluding hydrogens is 651 g/mol. The van der Waals surface area contributed by atoms with Crippen LogP contribution in [0.2, 0.25) is 12.6 Å². The highest BCUT2D eigenvalue weighted by Crippen LogP contribution is 2.60. The molecule has 2 aliphatic carbocycles. The summed E-state index contributed by atoms with van der Waals surface area (Å²) in [4.78, 5) is 6.22. The van der Waals surface area contributed by atoms with Crippen molar-refractivity contribution >= 4 is 58.6 Å². The summed E-state index contributed by atoms with van der Waals surface area (Å²) < 4.78 is 8.39. The number of fused-ring (bicyclic) bond motifs is 7. The number of benzene rings is 3. The molecule has 3 heterocycles. The normalized spacial score (nSPS) is 16.8. The molecule has 2 unspecified atom stereocenters. The second kappa shape index (κ2) is 12.5. The lowest BCUT2D eigenvalue weighted by Gasteiger charge is -2.39. The second-order valence-corrected chi connectivity index (χ2v) is 23.1. The molecule has 8 rings (SSSR count). The Balaban J connectivity index is 1.17. The Hall–Kier alpha value is -3.22. The van der Waals surface area contributed by atoms with Crippen molar-refractivity contribution in [2.45, 2.75) is 89.6 Å². The summed E-state index contributed by atoms with van der Waals surface area (Å²) in [5, 5.41) is 2.67. The minimum atomic E-state index is -2.01. The van der Waals surface area contributed by atoms with Crippen molar-refractivity contribution in [1.29, 1.82) is 0 Å². The molecule has 3 aromatic heterocycles. The van der Waals surface area contributed by atoms with Crippen molar-refractivity contribution in [2.24, 2.45) is 7.05 Å². The van der Waals surface area contributed by atoms with Crippen LogP contribution in [0.5, 0.6) is 0 Å². The monoisotopic (exact) mass is 699 g/mol. The number of ether oxygens (including phenoxy) is 1. The maximum absolute atomic E-state index is 6.06. The molecular formula is C44H49NOS2Si. The fourth-order valence-corrected chi connectivity index (χ4v) is 18.0. The predicted octanol–water partition coefficient (Wildman–Crippen LogP) is 13.2. The van der Waals surface area contributed by atoms with Gasteiger partial charge >= 0.3 is 0 Å². The van der Waals surface area contributed by atoms with Crippen LogP contribution in [0.1, 0.15) is 88.2 Å². The van der Waals surface area contributed by atoms with E-state index >= 15 is 0 Å².